The lowest BCUT2D eigenvalue weighted by Gasteiger charge is -2.11. The fraction of sp³-hybridized carbons (Fsp3) is 0.318. The van der Waals surface area contributed by atoms with E-state index in [0.717, 1.165) is 41.0 Å². The topological polar surface area (TPSA) is 48.0 Å². The third-order valence-electron chi connectivity index (χ3n) is 4.26. The smallest absolute Gasteiger partial charge is 0.161 e. The summed E-state index contributed by atoms with van der Waals surface area (Å²) in [5, 5.41) is 5.41. The van der Waals surface area contributed by atoms with Gasteiger partial charge in [-0.05, 0) is 44.2 Å². The van der Waals surface area contributed by atoms with Crippen molar-refractivity contribution >= 4 is 23.1 Å². The van der Waals surface area contributed by atoms with Crippen molar-refractivity contribution in [3.63, 3.8) is 0 Å². The number of hydrogen-bond acceptors (Lipinski definition) is 5. The molecule has 0 atom stereocenters. The molecule has 0 saturated heterocycles. The maximum atomic E-state index is 5.89. The third-order valence-corrected chi connectivity index (χ3v) is 6.13. The average molecular weight is 416 g/mol. The highest BCUT2D eigenvalue weighted by Gasteiger charge is 2.08. The lowest BCUT2D eigenvalue weighted by atomic mass is 10.2. The van der Waals surface area contributed by atoms with E-state index in [0.29, 0.717) is 6.61 Å². The lowest BCUT2D eigenvalue weighted by Crippen LogP contribution is -2.83. The second kappa shape index (κ2) is 10.5. The van der Waals surface area contributed by atoms with E-state index >= 15 is 0 Å². The van der Waals surface area contributed by atoms with Gasteiger partial charge in [-0.25, -0.2) is 4.98 Å². The van der Waals surface area contributed by atoms with Gasteiger partial charge in [0, 0.05) is 21.6 Å². The number of nitrogens with zero attached hydrogens (tertiary/aromatic N) is 1. The highest BCUT2D eigenvalue weighted by atomic mass is 32.2. The van der Waals surface area contributed by atoms with E-state index in [1.807, 2.05) is 30.1 Å². The molecule has 1 aromatic heterocycles. The van der Waals surface area contributed by atoms with E-state index in [4.69, 9.17) is 9.47 Å². The van der Waals surface area contributed by atoms with Crippen molar-refractivity contribution in [2.24, 2.45) is 0 Å². The minimum absolute atomic E-state index is 0.461. The van der Waals surface area contributed by atoms with Crippen molar-refractivity contribution in [1.29, 1.82) is 0 Å². The van der Waals surface area contributed by atoms with Crippen LogP contribution in [0.5, 0.6) is 11.5 Å². The fourth-order valence-electron chi connectivity index (χ4n) is 2.75. The SMILES string of the molecule is COc1cc(C[NH2+]CCSc2ccc(C)cc2)ccc1OCc1csc(C)n1. The van der Waals surface area contributed by atoms with Crippen LogP contribution < -0.4 is 14.8 Å². The summed E-state index contributed by atoms with van der Waals surface area (Å²) in [5.41, 5.74) is 3.49. The molecule has 0 bridgehead atoms. The number of benzene rings is 2. The minimum atomic E-state index is 0.461. The summed E-state index contributed by atoms with van der Waals surface area (Å²) < 4.78 is 11.4. The van der Waals surface area contributed by atoms with Crippen LogP contribution in [0.1, 0.15) is 21.8 Å². The number of nitrogens with two attached hydrogens (primary N) is 1. The molecular formula is C22H27N2O2S2+. The van der Waals surface area contributed by atoms with Crippen molar-refractivity contribution in [3.05, 3.63) is 69.7 Å². The van der Waals surface area contributed by atoms with Crippen LogP contribution in [-0.2, 0) is 13.2 Å². The zero-order chi connectivity index (χ0) is 19.8. The van der Waals surface area contributed by atoms with Crippen LogP contribution in [0.2, 0.25) is 0 Å². The molecule has 0 aliphatic carbocycles. The maximum absolute atomic E-state index is 5.89. The summed E-state index contributed by atoms with van der Waals surface area (Å²) in [5.74, 6) is 2.62. The summed E-state index contributed by atoms with van der Waals surface area (Å²) in [6.45, 7) is 6.58. The molecule has 4 nitrogen and oxygen atoms in total. The molecule has 0 unspecified atom stereocenters. The molecule has 0 saturated carbocycles. The first kappa shape index (κ1) is 20.7. The number of ether oxygens (including phenoxy) is 2. The highest BCUT2D eigenvalue weighted by molar-refractivity contribution is 7.99. The molecule has 0 amide bonds. The predicted octanol–water partition coefficient (Wildman–Crippen LogP) is 4.20. The Morgan fingerprint density at radius 3 is 2.61 bits per heavy atom. The van der Waals surface area contributed by atoms with E-state index in [1.165, 1.54) is 16.0 Å². The van der Waals surface area contributed by atoms with E-state index in [1.54, 1.807) is 18.4 Å². The van der Waals surface area contributed by atoms with Crippen molar-refractivity contribution < 1.29 is 14.8 Å². The zero-order valence-corrected chi connectivity index (χ0v) is 18.2. The van der Waals surface area contributed by atoms with E-state index in [2.05, 4.69) is 53.6 Å². The van der Waals surface area contributed by atoms with Crippen LogP contribution in [0, 0.1) is 13.8 Å². The lowest BCUT2D eigenvalue weighted by molar-refractivity contribution is -0.666. The standard InChI is InChI=1S/C22H26N2O2S2/c1-16-4-7-20(8-5-16)27-11-10-23-13-18-6-9-21(22(12-18)25-3)26-14-19-15-28-17(2)24-19/h4-9,12,15,23H,10-11,13-14H2,1-3H3/p+1. The number of rotatable bonds is 10. The molecule has 2 N–H and O–H groups in total. The Labute approximate surface area is 175 Å². The monoisotopic (exact) mass is 415 g/mol. The summed E-state index contributed by atoms with van der Waals surface area (Å²) >= 11 is 3.54. The van der Waals surface area contributed by atoms with Crippen LogP contribution in [-0.4, -0.2) is 24.4 Å². The molecule has 6 heteroatoms. The van der Waals surface area contributed by atoms with Gasteiger partial charge in [0.25, 0.3) is 0 Å². The summed E-state index contributed by atoms with van der Waals surface area (Å²) in [4.78, 5) is 5.76. The summed E-state index contributed by atoms with van der Waals surface area (Å²) in [6, 6.07) is 14.9. The van der Waals surface area contributed by atoms with Crippen molar-refractivity contribution in [1.82, 2.24) is 4.98 Å². The molecule has 0 radical (unpaired) electrons. The Hall–Kier alpha value is -2.02. The highest BCUT2D eigenvalue weighted by Crippen LogP contribution is 2.28. The Morgan fingerprint density at radius 2 is 1.89 bits per heavy atom. The van der Waals surface area contributed by atoms with Gasteiger partial charge in [0.05, 0.1) is 24.4 Å². The molecule has 28 heavy (non-hydrogen) atoms. The Morgan fingerprint density at radius 1 is 1.07 bits per heavy atom. The summed E-state index contributed by atoms with van der Waals surface area (Å²) in [6.07, 6.45) is 0. The van der Waals surface area contributed by atoms with E-state index < -0.39 is 0 Å². The quantitative estimate of drug-likeness (QED) is 0.398. The van der Waals surface area contributed by atoms with Gasteiger partial charge >= 0.3 is 0 Å². The minimum Gasteiger partial charge on any atom is -0.493 e. The maximum Gasteiger partial charge on any atom is 0.161 e. The van der Waals surface area contributed by atoms with Crippen molar-refractivity contribution in [3.8, 4) is 11.5 Å². The van der Waals surface area contributed by atoms with Gasteiger partial charge in [-0.2, -0.15) is 0 Å². The molecule has 148 valence electrons. The van der Waals surface area contributed by atoms with Gasteiger partial charge in [0.2, 0.25) is 0 Å². The predicted molar refractivity (Wildman–Crippen MR) is 117 cm³/mol. The van der Waals surface area contributed by atoms with Gasteiger partial charge < -0.3 is 14.8 Å². The number of methoxy groups -OCH3 is 1. The third kappa shape index (κ3) is 6.26. The van der Waals surface area contributed by atoms with E-state index in [9.17, 15) is 0 Å². The number of thioether (sulfide) groups is 1. The average Bonchev–Trinajstić information content (AvgIpc) is 3.13. The number of hydrogen-bond donors (Lipinski definition) is 1. The largest absolute Gasteiger partial charge is 0.493 e. The zero-order valence-electron chi connectivity index (χ0n) is 16.6. The number of thiazole rings is 1. The molecule has 0 aliphatic rings. The molecule has 0 spiro atoms. The molecule has 0 aliphatic heterocycles. The number of quaternary nitrogens is 1. The Bertz CT molecular complexity index is 878. The van der Waals surface area contributed by atoms with Crippen LogP contribution in [0.4, 0.5) is 0 Å². The van der Waals surface area contributed by atoms with Gasteiger partial charge in [-0.15, -0.1) is 23.1 Å². The first-order chi connectivity index (χ1) is 13.6. The number of aryl methyl sites for hydroxylation is 2. The molecule has 2 aromatic carbocycles. The second-order valence-corrected chi connectivity index (χ2v) is 8.81. The summed E-state index contributed by atoms with van der Waals surface area (Å²) in [7, 11) is 1.68. The van der Waals surface area contributed by atoms with Crippen LogP contribution in [0.3, 0.4) is 0 Å². The van der Waals surface area contributed by atoms with Crippen LogP contribution in [0.25, 0.3) is 0 Å². The van der Waals surface area contributed by atoms with Gasteiger partial charge in [-0.1, -0.05) is 17.7 Å². The fourth-order valence-corrected chi connectivity index (χ4v) is 4.19. The number of aromatic nitrogens is 1. The molecule has 1 heterocycles. The van der Waals surface area contributed by atoms with Crippen LogP contribution >= 0.6 is 23.1 Å². The molecule has 3 rings (SSSR count). The molecular weight excluding hydrogens is 388 g/mol. The normalized spacial score (nSPS) is 10.8. The van der Waals surface area contributed by atoms with E-state index in [-0.39, 0.29) is 0 Å². The van der Waals surface area contributed by atoms with Crippen LogP contribution in [0.15, 0.2) is 52.7 Å². The molecule has 3 aromatic rings. The van der Waals surface area contributed by atoms with Crippen molar-refractivity contribution in [2.75, 3.05) is 19.4 Å². The first-order valence-corrected chi connectivity index (χ1v) is 11.2. The van der Waals surface area contributed by atoms with Gasteiger partial charge in [-0.3, -0.25) is 0 Å². The van der Waals surface area contributed by atoms with Gasteiger partial charge in [0.15, 0.2) is 11.5 Å². The van der Waals surface area contributed by atoms with Gasteiger partial charge in [0.1, 0.15) is 13.2 Å². The van der Waals surface area contributed by atoms with Crippen molar-refractivity contribution in [2.45, 2.75) is 31.9 Å². The first-order valence-electron chi connectivity index (χ1n) is 9.36. The Kier molecular flexibility index (Phi) is 7.77. The Balaban J connectivity index is 1.44. The molecule has 0 fully saturated rings. The second-order valence-electron chi connectivity index (χ2n) is 6.57.